The first-order valence-electron chi connectivity index (χ1n) is 6.83. The van der Waals surface area contributed by atoms with E-state index in [0.29, 0.717) is 0 Å². The normalized spacial score (nSPS) is 17.0. The molecule has 2 aromatic carbocycles. The minimum atomic E-state index is -0.348. The summed E-state index contributed by atoms with van der Waals surface area (Å²) in [6, 6.07) is 13.1. The third-order valence-corrected chi connectivity index (χ3v) is 3.67. The van der Waals surface area contributed by atoms with E-state index in [1.807, 2.05) is 49.4 Å². The fraction of sp³-hybridized carbons (Fsp3) is 0.176. The maximum absolute atomic E-state index is 12.1. The van der Waals surface area contributed by atoms with Crippen LogP contribution in [-0.4, -0.2) is 17.2 Å². The molecule has 1 heterocycles. The predicted molar refractivity (Wildman–Crippen MR) is 83.1 cm³/mol. The first-order chi connectivity index (χ1) is 10.2. The Bertz CT molecular complexity index is 705. The highest BCUT2D eigenvalue weighted by atomic mass is 16.3. The number of aliphatic imine (C=N–C) groups is 1. The molecule has 1 amide bonds. The number of rotatable bonds is 3. The highest BCUT2D eigenvalue weighted by Gasteiger charge is 2.30. The number of nitrogens with zero attached hydrogens (tertiary/aromatic N) is 1. The number of aliphatic hydroxyl groups excluding tert-OH is 1. The van der Waals surface area contributed by atoms with Crippen LogP contribution in [0.3, 0.4) is 0 Å². The minimum absolute atomic E-state index is 0.0155. The summed E-state index contributed by atoms with van der Waals surface area (Å²) < 4.78 is 0. The molecule has 0 aliphatic carbocycles. The van der Waals surface area contributed by atoms with Crippen LogP contribution in [0, 0.1) is 6.92 Å². The largest absolute Gasteiger partial charge is 0.392 e. The summed E-state index contributed by atoms with van der Waals surface area (Å²) in [5, 5.41) is 11.9. The molecule has 0 saturated heterocycles. The molecule has 4 nitrogen and oxygen atoms in total. The number of amides is 1. The van der Waals surface area contributed by atoms with E-state index in [2.05, 4.69) is 10.3 Å². The summed E-state index contributed by atoms with van der Waals surface area (Å²) in [6.45, 7) is 2.01. The van der Waals surface area contributed by atoms with Gasteiger partial charge in [-0.3, -0.25) is 9.79 Å². The third kappa shape index (κ3) is 2.58. The Kier molecular flexibility index (Phi) is 3.54. The topological polar surface area (TPSA) is 61.7 Å². The van der Waals surface area contributed by atoms with E-state index < -0.39 is 0 Å². The predicted octanol–water partition coefficient (Wildman–Crippen LogP) is 2.93. The molecule has 4 heteroatoms. The van der Waals surface area contributed by atoms with Crippen molar-refractivity contribution < 1.29 is 9.90 Å². The molecule has 0 fully saturated rings. The molecule has 2 N–H and O–H groups in total. The number of hydrogen-bond donors (Lipinski definition) is 2. The van der Waals surface area contributed by atoms with Crippen LogP contribution in [0.4, 0.5) is 11.4 Å². The number of fused-ring (bicyclic) bond motifs is 1. The number of aliphatic hydroxyl groups is 1. The van der Waals surface area contributed by atoms with Gasteiger partial charge in [-0.15, -0.1) is 0 Å². The smallest absolute Gasteiger partial charge is 0.237 e. The van der Waals surface area contributed by atoms with E-state index in [9.17, 15) is 4.79 Å². The monoisotopic (exact) mass is 280 g/mol. The maximum Gasteiger partial charge on any atom is 0.237 e. The van der Waals surface area contributed by atoms with Crippen LogP contribution in [0.25, 0.3) is 0 Å². The Morgan fingerprint density at radius 3 is 2.71 bits per heavy atom. The molecule has 0 spiro atoms. The van der Waals surface area contributed by atoms with E-state index in [1.54, 1.807) is 6.21 Å². The van der Waals surface area contributed by atoms with Gasteiger partial charge in [0.15, 0.2) is 0 Å². The molecule has 0 aromatic heterocycles. The van der Waals surface area contributed by atoms with Crippen molar-refractivity contribution in [1.82, 2.24) is 0 Å². The molecule has 106 valence electrons. The lowest BCUT2D eigenvalue weighted by atomic mass is 9.97. The lowest BCUT2D eigenvalue weighted by Crippen LogP contribution is -2.13. The van der Waals surface area contributed by atoms with E-state index in [-0.39, 0.29) is 18.4 Å². The summed E-state index contributed by atoms with van der Waals surface area (Å²) in [5.74, 6) is -0.395. The number of nitrogens with one attached hydrogen (secondary N) is 1. The zero-order chi connectivity index (χ0) is 14.8. The van der Waals surface area contributed by atoms with Crippen LogP contribution < -0.4 is 5.32 Å². The van der Waals surface area contributed by atoms with Crippen LogP contribution in [0.5, 0.6) is 0 Å². The van der Waals surface area contributed by atoms with E-state index >= 15 is 0 Å². The van der Waals surface area contributed by atoms with Crippen molar-refractivity contribution >= 4 is 23.5 Å². The highest BCUT2D eigenvalue weighted by molar-refractivity contribution is 6.13. The molecule has 21 heavy (non-hydrogen) atoms. The average Bonchev–Trinajstić information content (AvgIpc) is 2.82. The average molecular weight is 280 g/mol. The highest BCUT2D eigenvalue weighted by Crippen LogP contribution is 2.34. The van der Waals surface area contributed by atoms with Crippen molar-refractivity contribution in [1.29, 1.82) is 0 Å². The van der Waals surface area contributed by atoms with Gasteiger partial charge in [0.05, 0.1) is 12.3 Å². The Balaban J connectivity index is 1.88. The van der Waals surface area contributed by atoms with Gasteiger partial charge in [-0.1, -0.05) is 24.3 Å². The quantitative estimate of drug-likeness (QED) is 0.849. The number of carbonyl (C=O) groups excluding carboxylic acids is 1. The Morgan fingerprint density at radius 1 is 1.24 bits per heavy atom. The van der Waals surface area contributed by atoms with Crippen LogP contribution >= 0.6 is 0 Å². The second kappa shape index (κ2) is 5.50. The van der Waals surface area contributed by atoms with Gasteiger partial charge in [-0.2, -0.15) is 0 Å². The second-order valence-electron chi connectivity index (χ2n) is 5.11. The van der Waals surface area contributed by atoms with Crippen molar-refractivity contribution in [3.63, 3.8) is 0 Å². The lowest BCUT2D eigenvalue weighted by molar-refractivity contribution is -0.115. The second-order valence-corrected chi connectivity index (χ2v) is 5.11. The van der Waals surface area contributed by atoms with Gasteiger partial charge in [-0.05, 0) is 41.8 Å². The summed E-state index contributed by atoms with van der Waals surface area (Å²) >= 11 is 0. The zero-order valence-corrected chi connectivity index (χ0v) is 11.7. The number of carbonyl (C=O) groups is 1. The van der Waals surface area contributed by atoms with Gasteiger partial charge in [-0.25, -0.2) is 0 Å². The summed E-state index contributed by atoms with van der Waals surface area (Å²) in [6.07, 6.45) is 1.68. The number of benzene rings is 2. The zero-order valence-electron chi connectivity index (χ0n) is 11.7. The molecule has 1 aliphatic heterocycles. The number of aryl methyl sites for hydroxylation is 1. The number of hydrogen-bond acceptors (Lipinski definition) is 3. The van der Waals surface area contributed by atoms with Crippen molar-refractivity contribution in [2.24, 2.45) is 4.99 Å². The Morgan fingerprint density at radius 2 is 2.00 bits per heavy atom. The maximum atomic E-state index is 12.1. The molecule has 1 atom stereocenters. The van der Waals surface area contributed by atoms with Crippen LogP contribution in [0.1, 0.15) is 22.6 Å². The Labute approximate surface area is 123 Å². The molecule has 1 unspecified atom stereocenters. The van der Waals surface area contributed by atoms with E-state index in [4.69, 9.17) is 5.11 Å². The molecule has 3 rings (SSSR count). The SMILES string of the molecule is Cc1cccc2c1C(C=Nc1ccc(CO)cc1)C(=O)N2. The standard InChI is InChI=1S/C17H16N2O2/c1-11-3-2-4-15-16(11)14(17(21)19-15)9-18-13-7-5-12(10-20)6-8-13/h2-9,14,20H,10H2,1H3,(H,19,21). The van der Waals surface area contributed by atoms with Crippen molar-refractivity contribution in [3.05, 3.63) is 59.2 Å². The molecule has 0 radical (unpaired) electrons. The van der Waals surface area contributed by atoms with E-state index in [0.717, 1.165) is 28.1 Å². The van der Waals surface area contributed by atoms with Gasteiger partial charge >= 0.3 is 0 Å². The van der Waals surface area contributed by atoms with Gasteiger partial charge in [0.2, 0.25) is 5.91 Å². The van der Waals surface area contributed by atoms with Gasteiger partial charge in [0, 0.05) is 11.9 Å². The molecule has 2 aromatic rings. The molecule has 1 aliphatic rings. The van der Waals surface area contributed by atoms with Crippen LogP contribution in [-0.2, 0) is 11.4 Å². The van der Waals surface area contributed by atoms with Crippen molar-refractivity contribution in [2.45, 2.75) is 19.4 Å². The molecule has 0 bridgehead atoms. The van der Waals surface area contributed by atoms with Gasteiger partial charge in [0.1, 0.15) is 5.92 Å². The molecule has 0 saturated carbocycles. The summed E-state index contributed by atoms with van der Waals surface area (Å²) in [7, 11) is 0. The third-order valence-electron chi connectivity index (χ3n) is 3.67. The fourth-order valence-electron chi connectivity index (χ4n) is 2.53. The van der Waals surface area contributed by atoms with Crippen molar-refractivity contribution in [2.75, 3.05) is 5.32 Å². The molecular weight excluding hydrogens is 264 g/mol. The first-order valence-corrected chi connectivity index (χ1v) is 6.83. The lowest BCUT2D eigenvalue weighted by Gasteiger charge is -2.06. The van der Waals surface area contributed by atoms with Crippen molar-refractivity contribution in [3.8, 4) is 0 Å². The summed E-state index contributed by atoms with van der Waals surface area (Å²) in [5.41, 5.74) is 4.55. The fourth-order valence-corrected chi connectivity index (χ4v) is 2.53. The van der Waals surface area contributed by atoms with Crippen LogP contribution in [0.15, 0.2) is 47.5 Å². The minimum Gasteiger partial charge on any atom is -0.392 e. The summed E-state index contributed by atoms with van der Waals surface area (Å²) in [4.78, 5) is 16.5. The first kappa shape index (κ1) is 13.5. The number of anilines is 1. The van der Waals surface area contributed by atoms with Crippen LogP contribution in [0.2, 0.25) is 0 Å². The van der Waals surface area contributed by atoms with Gasteiger partial charge in [0.25, 0.3) is 0 Å². The Hall–Kier alpha value is -2.46. The van der Waals surface area contributed by atoms with Gasteiger partial charge < -0.3 is 10.4 Å². The molecular formula is C17H16N2O2. The van der Waals surface area contributed by atoms with E-state index in [1.165, 1.54) is 0 Å².